The molecule has 0 spiro atoms. The number of piperazine rings is 1. The Morgan fingerprint density at radius 3 is 2.71 bits per heavy atom. The number of hydrogen-bond donors (Lipinski definition) is 1. The lowest BCUT2D eigenvalue weighted by Crippen LogP contribution is -2.51. The fraction of sp³-hybridized carbons (Fsp3) is 0.471. The minimum atomic E-state index is -0.371. The highest BCUT2D eigenvalue weighted by Gasteiger charge is 2.26. The lowest BCUT2D eigenvalue weighted by molar-refractivity contribution is -0.384. The van der Waals surface area contributed by atoms with E-state index in [9.17, 15) is 10.1 Å². The highest BCUT2D eigenvalue weighted by atomic mass is 16.6. The van der Waals surface area contributed by atoms with Gasteiger partial charge in [0.25, 0.3) is 5.69 Å². The molecule has 2 aromatic rings. The van der Waals surface area contributed by atoms with Gasteiger partial charge in [0.05, 0.1) is 10.4 Å². The third-order valence-corrected chi connectivity index (χ3v) is 5.06. The van der Waals surface area contributed by atoms with Crippen molar-refractivity contribution >= 4 is 22.4 Å². The third kappa shape index (κ3) is 2.92. The zero-order chi connectivity index (χ0) is 16.5. The molecule has 0 aliphatic carbocycles. The predicted octanol–water partition coefficient (Wildman–Crippen LogP) is 1.63. The average molecular weight is 327 g/mol. The predicted molar refractivity (Wildman–Crippen MR) is 93.5 cm³/mol. The van der Waals surface area contributed by atoms with Crippen molar-refractivity contribution in [1.82, 2.24) is 15.2 Å². The Morgan fingerprint density at radius 1 is 1.17 bits per heavy atom. The van der Waals surface area contributed by atoms with Gasteiger partial charge in [0, 0.05) is 56.3 Å². The second-order valence-corrected chi connectivity index (χ2v) is 6.47. The molecule has 0 amide bonds. The van der Waals surface area contributed by atoms with Crippen molar-refractivity contribution in [2.45, 2.75) is 12.5 Å². The van der Waals surface area contributed by atoms with Crippen LogP contribution < -0.4 is 10.2 Å². The van der Waals surface area contributed by atoms with E-state index >= 15 is 0 Å². The van der Waals surface area contributed by atoms with Crippen LogP contribution in [0.4, 0.5) is 11.5 Å². The molecule has 2 aliphatic rings. The van der Waals surface area contributed by atoms with Gasteiger partial charge in [0.1, 0.15) is 5.82 Å². The normalized spacial score (nSPS) is 22.2. The van der Waals surface area contributed by atoms with Crippen LogP contribution in [0.2, 0.25) is 0 Å². The highest BCUT2D eigenvalue weighted by Crippen LogP contribution is 2.23. The summed E-state index contributed by atoms with van der Waals surface area (Å²) in [6, 6.07) is 9.41. The van der Waals surface area contributed by atoms with Crippen LogP contribution in [0.3, 0.4) is 0 Å². The number of pyridine rings is 1. The summed E-state index contributed by atoms with van der Waals surface area (Å²) < 4.78 is 0. The molecule has 24 heavy (non-hydrogen) atoms. The van der Waals surface area contributed by atoms with Crippen LogP contribution in [0.1, 0.15) is 6.42 Å². The van der Waals surface area contributed by atoms with E-state index in [-0.39, 0.29) is 10.6 Å². The summed E-state index contributed by atoms with van der Waals surface area (Å²) >= 11 is 0. The molecule has 126 valence electrons. The number of rotatable bonds is 3. The largest absolute Gasteiger partial charge is 0.354 e. The minimum absolute atomic E-state index is 0.107. The molecule has 0 bridgehead atoms. The lowest BCUT2D eigenvalue weighted by Gasteiger charge is -2.38. The summed E-state index contributed by atoms with van der Waals surface area (Å²) in [5.74, 6) is 0.959. The summed E-state index contributed by atoms with van der Waals surface area (Å²) in [4.78, 5) is 20.1. The number of hydrogen-bond acceptors (Lipinski definition) is 6. The fourth-order valence-corrected chi connectivity index (χ4v) is 3.66. The number of benzene rings is 1. The van der Waals surface area contributed by atoms with Crippen molar-refractivity contribution < 1.29 is 4.92 Å². The number of nitrogens with one attached hydrogen (secondary N) is 1. The van der Waals surface area contributed by atoms with Crippen LogP contribution in [0.5, 0.6) is 0 Å². The van der Waals surface area contributed by atoms with E-state index in [0.717, 1.165) is 56.0 Å². The van der Waals surface area contributed by atoms with Crippen LogP contribution in [-0.2, 0) is 0 Å². The maximum atomic E-state index is 10.9. The number of nitro groups is 1. The van der Waals surface area contributed by atoms with Gasteiger partial charge in [-0.05, 0) is 31.2 Å². The molecule has 1 atom stereocenters. The Balaban J connectivity index is 1.48. The summed E-state index contributed by atoms with van der Waals surface area (Å²) in [6.45, 7) is 6.30. The molecule has 0 saturated carbocycles. The van der Waals surface area contributed by atoms with Crippen molar-refractivity contribution in [3.63, 3.8) is 0 Å². The van der Waals surface area contributed by atoms with Gasteiger partial charge < -0.3 is 10.2 Å². The van der Waals surface area contributed by atoms with Crippen LogP contribution in [0.15, 0.2) is 30.3 Å². The first-order chi connectivity index (χ1) is 11.7. The van der Waals surface area contributed by atoms with Crippen LogP contribution in [-0.4, -0.2) is 60.1 Å². The molecule has 1 N–H and O–H groups in total. The first-order valence-corrected chi connectivity index (χ1v) is 8.46. The highest BCUT2D eigenvalue weighted by molar-refractivity contribution is 5.82. The van der Waals surface area contributed by atoms with Crippen molar-refractivity contribution in [2.75, 3.05) is 44.2 Å². The molecule has 1 aromatic carbocycles. The quantitative estimate of drug-likeness (QED) is 0.682. The number of aromatic nitrogens is 1. The second kappa shape index (κ2) is 6.33. The molecular formula is C17H21N5O2. The number of nitro benzene ring substituents is 1. The Morgan fingerprint density at radius 2 is 2.00 bits per heavy atom. The molecule has 0 radical (unpaired) electrons. The van der Waals surface area contributed by atoms with Crippen LogP contribution in [0, 0.1) is 10.1 Å². The number of nitrogens with zero attached hydrogens (tertiary/aromatic N) is 4. The van der Waals surface area contributed by atoms with E-state index in [4.69, 9.17) is 4.98 Å². The standard InChI is InChI=1S/C17H21N5O2/c23-22(24)14-2-3-16-13(11-14)1-4-17(19-16)21-9-7-20(8-10-21)15-5-6-18-12-15/h1-4,11,15,18H,5-10,12H2. The Bertz CT molecular complexity index is 752. The van der Waals surface area contributed by atoms with Crippen LogP contribution in [0.25, 0.3) is 10.9 Å². The summed E-state index contributed by atoms with van der Waals surface area (Å²) in [7, 11) is 0. The first-order valence-electron chi connectivity index (χ1n) is 8.46. The van der Waals surface area contributed by atoms with Crippen molar-refractivity contribution in [1.29, 1.82) is 0 Å². The van der Waals surface area contributed by atoms with E-state index in [1.165, 1.54) is 12.5 Å². The van der Waals surface area contributed by atoms with Gasteiger partial charge in [-0.15, -0.1) is 0 Å². The number of fused-ring (bicyclic) bond motifs is 1. The molecule has 1 unspecified atom stereocenters. The third-order valence-electron chi connectivity index (χ3n) is 5.06. The van der Waals surface area contributed by atoms with Gasteiger partial charge in [0.2, 0.25) is 0 Å². The molecular weight excluding hydrogens is 306 g/mol. The molecule has 4 rings (SSSR count). The molecule has 7 heteroatoms. The summed E-state index contributed by atoms with van der Waals surface area (Å²) in [5.41, 5.74) is 0.913. The first kappa shape index (κ1) is 15.3. The zero-order valence-electron chi connectivity index (χ0n) is 13.5. The van der Waals surface area contributed by atoms with E-state index in [2.05, 4.69) is 15.1 Å². The van der Waals surface area contributed by atoms with Gasteiger partial charge in [-0.3, -0.25) is 15.0 Å². The maximum absolute atomic E-state index is 10.9. The van der Waals surface area contributed by atoms with Gasteiger partial charge >= 0.3 is 0 Å². The van der Waals surface area contributed by atoms with Crippen molar-refractivity contribution in [3.8, 4) is 0 Å². The molecule has 2 aliphatic heterocycles. The summed E-state index contributed by atoms with van der Waals surface area (Å²) in [5, 5.41) is 15.1. The van der Waals surface area contributed by atoms with Gasteiger partial charge in [0.15, 0.2) is 0 Å². The van der Waals surface area contributed by atoms with Crippen molar-refractivity contribution in [2.24, 2.45) is 0 Å². The molecule has 7 nitrogen and oxygen atoms in total. The monoisotopic (exact) mass is 327 g/mol. The van der Waals surface area contributed by atoms with E-state index in [0.29, 0.717) is 6.04 Å². The Hall–Kier alpha value is -2.25. The van der Waals surface area contributed by atoms with Gasteiger partial charge in [-0.25, -0.2) is 4.98 Å². The number of non-ortho nitro benzene ring substituents is 1. The topological polar surface area (TPSA) is 74.5 Å². The Labute approximate surface area is 140 Å². The van der Waals surface area contributed by atoms with Gasteiger partial charge in [-0.1, -0.05) is 0 Å². The fourth-order valence-electron chi connectivity index (χ4n) is 3.66. The summed E-state index contributed by atoms with van der Waals surface area (Å²) in [6.07, 6.45) is 1.24. The Kier molecular flexibility index (Phi) is 4.03. The molecule has 2 fully saturated rings. The van der Waals surface area contributed by atoms with Gasteiger partial charge in [-0.2, -0.15) is 0 Å². The average Bonchev–Trinajstić information content (AvgIpc) is 3.15. The smallest absolute Gasteiger partial charge is 0.270 e. The minimum Gasteiger partial charge on any atom is -0.354 e. The van der Waals surface area contributed by atoms with Crippen molar-refractivity contribution in [3.05, 3.63) is 40.4 Å². The zero-order valence-corrected chi connectivity index (χ0v) is 13.5. The van der Waals surface area contributed by atoms with E-state index in [1.807, 2.05) is 12.1 Å². The van der Waals surface area contributed by atoms with E-state index in [1.54, 1.807) is 12.1 Å². The maximum Gasteiger partial charge on any atom is 0.270 e. The molecule has 3 heterocycles. The number of anilines is 1. The molecule has 1 aromatic heterocycles. The lowest BCUT2D eigenvalue weighted by atomic mass is 10.1. The molecule has 2 saturated heterocycles. The van der Waals surface area contributed by atoms with Crippen LogP contribution >= 0.6 is 0 Å². The van der Waals surface area contributed by atoms with E-state index < -0.39 is 0 Å². The second-order valence-electron chi connectivity index (χ2n) is 6.47. The SMILES string of the molecule is O=[N+]([O-])c1ccc2nc(N3CCN(C4CCNC4)CC3)ccc2c1.